The second-order valence-electron chi connectivity index (χ2n) is 4.91. The van der Waals surface area contributed by atoms with E-state index in [0.29, 0.717) is 5.41 Å². The van der Waals surface area contributed by atoms with Gasteiger partial charge in [0.25, 0.3) is 0 Å². The molecule has 1 nitrogen and oxygen atoms in total. The van der Waals surface area contributed by atoms with Gasteiger partial charge in [-0.3, -0.25) is 0 Å². The van der Waals surface area contributed by atoms with Crippen LogP contribution in [0.1, 0.15) is 59.3 Å². The van der Waals surface area contributed by atoms with Crippen LogP contribution in [-0.4, -0.2) is 12.6 Å². The predicted octanol–water partition coefficient (Wildman–Crippen LogP) is 3.34. The molecular formula is C12H25N. The highest BCUT2D eigenvalue weighted by Crippen LogP contribution is 2.41. The molecule has 0 radical (unpaired) electrons. The van der Waals surface area contributed by atoms with Crippen LogP contribution in [0.4, 0.5) is 0 Å². The second kappa shape index (κ2) is 4.99. The Morgan fingerprint density at radius 3 is 2.77 bits per heavy atom. The van der Waals surface area contributed by atoms with Gasteiger partial charge in [-0.15, -0.1) is 0 Å². The summed E-state index contributed by atoms with van der Waals surface area (Å²) in [6.45, 7) is 8.11. The van der Waals surface area contributed by atoms with Gasteiger partial charge in [0.1, 0.15) is 0 Å². The molecule has 1 saturated carbocycles. The predicted molar refractivity (Wildman–Crippen MR) is 58.9 cm³/mol. The monoisotopic (exact) mass is 183 g/mol. The standard InChI is InChI=1S/C12H25N/c1-4-6-8-12(3)9-7-11(10-12)13-5-2/h11,13H,4-10H2,1-3H3. The maximum atomic E-state index is 3.58. The molecule has 1 heteroatoms. The number of hydrogen-bond donors (Lipinski definition) is 1. The van der Waals surface area contributed by atoms with E-state index in [2.05, 4.69) is 26.1 Å². The van der Waals surface area contributed by atoms with Crippen LogP contribution in [0.15, 0.2) is 0 Å². The van der Waals surface area contributed by atoms with Crippen LogP contribution >= 0.6 is 0 Å². The summed E-state index contributed by atoms with van der Waals surface area (Å²) in [6, 6.07) is 0.812. The fourth-order valence-electron chi connectivity index (χ4n) is 2.62. The Morgan fingerprint density at radius 2 is 2.15 bits per heavy atom. The van der Waals surface area contributed by atoms with Crippen LogP contribution in [-0.2, 0) is 0 Å². The molecule has 0 spiro atoms. The van der Waals surface area contributed by atoms with Crippen molar-refractivity contribution in [2.24, 2.45) is 5.41 Å². The molecule has 1 aliphatic carbocycles. The second-order valence-corrected chi connectivity index (χ2v) is 4.91. The van der Waals surface area contributed by atoms with Gasteiger partial charge in [0, 0.05) is 6.04 Å². The molecule has 13 heavy (non-hydrogen) atoms. The van der Waals surface area contributed by atoms with Gasteiger partial charge < -0.3 is 5.32 Å². The lowest BCUT2D eigenvalue weighted by Gasteiger charge is -2.23. The van der Waals surface area contributed by atoms with Gasteiger partial charge in [0.05, 0.1) is 0 Å². The van der Waals surface area contributed by atoms with Gasteiger partial charge in [-0.25, -0.2) is 0 Å². The summed E-state index contributed by atoms with van der Waals surface area (Å²) in [5.74, 6) is 0. The average molecular weight is 183 g/mol. The summed E-state index contributed by atoms with van der Waals surface area (Å²) >= 11 is 0. The zero-order valence-corrected chi connectivity index (χ0v) is 9.53. The largest absolute Gasteiger partial charge is 0.314 e. The molecule has 78 valence electrons. The molecule has 0 amide bonds. The van der Waals surface area contributed by atoms with E-state index in [1.807, 2.05) is 0 Å². The van der Waals surface area contributed by atoms with E-state index < -0.39 is 0 Å². The van der Waals surface area contributed by atoms with Crippen molar-refractivity contribution in [1.29, 1.82) is 0 Å². The summed E-state index contributed by atoms with van der Waals surface area (Å²) in [4.78, 5) is 0. The number of rotatable bonds is 5. The van der Waals surface area contributed by atoms with Crippen LogP contribution in [0.25, 0.3) is 0 Å². The molecule has 0 aromatic heterocycles. The lowest BCUT2D eigenvalue weighted by molar-refractivity contribution is 0.289. The normalized spacial score (nSPS) is 33.9. The highest BCUT2D eigenvalue weighted by molar-refractivity contribution is 4.88. The quantitative estimate of drug-likeness (QED) is 0.689. The minimum atomic E-state index is 0.656. The zero-order valence-electron chi connectivity index (χ0n) is 9.53. The van der Waals surface area contributed by atoms with Gasteiger partial charge in [-0.2, -0.15) is 0 Å². The molecule has 1 N–H and O–H groups in total. The van der Waals surface area contributed by atoms with Crippen molar-refractivity contribution in [3.8, 4) is 0 Å². The summed E-state index contributed by atoms with van der Waals surface area (Å²) in [5, 5.41) is 3.58. The fraction of sp³-hybridized carbons (Fsp3) is 1.00. The highest BCUT2D eigenvalue weighted by atomic mass is 14.9. The summed E-state index contributed by atoms with van der Waals surface area (Å²) in [7, 11) is 0. The van der Waals surface area contributed by atoms with E-state index >= 15 is 0 Å². The molecule has 2 atom stereocenters. The SMILES string of the molecule is CCCCC1(C)CCC(NCC)C1. The summed E-state index contributed by atoms with van der Waals surface area (Å²) in [6.07, 6.45) is 8.43. The summed E-state index contributed by atoms with van der Waals surface area (Å²) in [5.41, 5.74) is 0.656. The van der Waals surface area contributed by atoms with Crippen LogP contribution < -0.4 is 5.32 Å². The Hall–Kier alpha value is -0.0400. The lowest BCUT2D eigenvalue weighted by Crippen LogP contribution is -2.27. The van der Waals surface area contributed by atoms with Crippen LogP contribution in [0.3, 0.4) is 0 Å². The molecule has 1 rings (SSSR count). The zero-order chi connectivity index (χ0) is 9.73. The molecule has 0 aliphatic heterocycles. The van der Waals surface area contributed by atoms with Crippen LogP contribution in [0, 0.1) is 5.41 Å². The molecule has 0 aromatic carbocycles. The fourth-order valence-corrected chi connectivity index (χ4v) is 2.62. The maximum Gasteiger partial charge on any atom is 0.00723 e. The average Bonchev–Trinajstić information content (AvgIpc) is 2.46. The van der Waals surface area contributed by atoms with Crippen LogP contribution in [0.2, 0.25) is 0 Å². The van der Waals surface area contributed by atoms with Crippen molar-refractivity contribution in [3.05, 3.63) is 0 Å². The van der Waals surface area contributed by atoms with Crippen molar-refractivity contribution < 1.29 is 0 Å². The molecular weight excluding hydrogens is 158 g/mol. The van der Waals surface area contributed by atoms with Gasteiger partial charge in [0.15, 0.2) is 0 Å². The molecule has 0 heterocycles. The molecule has 1 fully saturated rings. The van der Waals surface area contributed by atoms with Crippen molar-refractivity contribution >= 4 is 0 Å². The number of nitrogens with one attached hydrogen (secondary N) is 1. The van der Waals surface area contributed by atoms with Gasteiger partial charge in [0.2, 0.25) is 0 Å². The van der Waals surface area contributed by atoms with Crippen molar-refractivity contribution in [3.63, 3.8) is 0 Å². The van der Waals surface area contributed by atoms with Crippen molar-refractivity contribution in [1.82, 2.24) is 5.32 Å². The molecule has 0 bridgehead atoms. The highest BCUT2D eigenvalue weighted by Gasteiger charge is 2.33. The van der Waals surface area contributed by atoms with E-state index in [1.165, 1.54) is 38.5 Å². The van der Waals surface area contributed by atoms with Crippen LogP contribution in [0.5, 0.6) is 0 Å². The lowest BCUT2D eigenvalue weighted by atomic mass is 9.83. The Balaban J connectivity index is 2.28. The first-order valence-electron chi connectivity index (χ1n) is 5.93. The molecule has 0 aromatic rings. The number of hydrogen-bond acceptors (Lipinski definition) is 1. The Bertz CT molecular complexity index is 144. The topological polar surface area (TPSA) is 12.0 Å². The minimum absolute atomic E-state index is 0.656. The smallest absolute Gasteiger partial charge is 0.00723 e. The third kappa shape index (κ3) is 3.30. The Kier molecular flexibility index (Phi) is 4.24. The van der Waals surface area contributed by atoms with E-state index in [9.17, 15) is 0 Å². The van der Waals surface area contributed by atoms with E-state index in [1.54, 1.807) is 0 Å². The number of unbranched alkanes of at least 4 members (excludes halogenated alkanes) is 1. The van der Waals surface area contributed by atoms with E-state index in [4.69, 9.17) is 0 Å². The Labute approximate surface area is 83.3 Å². The van der Waals surface area contributed by atoms with Gasteiger partial charge in [-0.05, 0) is 37.6 Å². The first-order chi connectivity index (χ1) is 6.20. The summed E-state index contributed by atoms with van der Waals surface area (Å²) < 4.78 is 0. The first-order valence-corrected chi connectivity index (χ1v) is 5.93. The third-order valence-corrected chi connectivity index (χ3v) is 3.46. The van der Waals surface area contributed by atoms with E-state index in [-0.39, 0.29) is 0 Å². The minimum Gasteiger partial charge on any atom is -0.314 e. The Morgan fingerprint density at radius 1 is 1.38 bits per heavy atom. The van der Waals surface area contributed by atoms with Gasteiger partial charge in [-0.1, -0.05) is 33.6 Å². The maximum absolute atomic E-state index is 3.58. The van der Waals surface area contributed by atoms with E-state index in [0.717, 1.165) is 12.6 Å². The third-order valence-electron chi connectivity index (χ3n) is 3.46. The van der Waals surface area contributed by atoms with Gasteiger partial charge >= 0.3 is 0 Å². The van der Waals surface area contributed by atoms with Crippen molar-refractivity contribution in [2.75, 3.05) is 6.54 Å². The molecule has 1 aliphatic rings. The molecule has 0 saturated heterocycles. The van der Waals surface area contributed by atoms with Crippen molar-refractivity contribution in [2.45, 2.75) is 65.3 Å². The first kappa shape index (κ1) is 11.0. The molecule has 2 unspecified atom stereocenters.